The number of aryl methyl sites for hydroxylation is 2. The lowest BCUT2D eigenvalue weighted by Crippen LogP contribution is -2.57. The molecule has 1 saturated heterocycles. The zero-order valence-electron chi connectivity index (χ0n) is 11.8. The summed E-state index contributed by atoms with van der Waals surface area (Å²) in [4.78, 5) is 4.69. The molecule has 1 heterocycles. The highest BCUT2D eigenvalue weighted by molar-refractivity contribution is 5.55. The van der Waals surface area contributed by atoms with Crippen LogP contribution in [0.5, 0.6) is 0 Å². The average Bonchev–Trinajstić information content (AvgIpc) is 2.35. The van der Waals surface area contributed by atoms with Gasteiger partial charge in [-0.05, 0) is 45.0 Å². The van der Waals surface area contributed by atoms with Gasteiger partial charge < -0.3 is 10.0 Å². The van der Waals surface area contributed by atoms with Crippen LogP contribution in [0.25, 0.3) is 0 Å². The van der Waals surface area contributed by atoms with E-state index in [9.17, 15) is 5.11 Å². The van der Waals surface area contributed by atoms with E-state index in [0.717, 1.165) is 13.1 Å². The molecule has 2 rings (SSSR count). The van der Waals surface area contributed by atoms with Crippen LogP contribution < -0.4 is 4.90 Å². The number of hydrogen-bond acceptors (Lipinski definition) is 3. The molecule has 0 amide bonds. The fourth-order valence-electron chi connectivity index (χ4n) is 2.71. The number of hydrogen-bond donors (Lipinski definition) is 1. The van der Waals surface area contributed by atoms with Crippen molar-refractivity contribution in [1.29, 1.82) is 0 Å². The monoisotopic (exact) mass is 248 g/mol. The van der Waals surface area contributed by atoms with E-state index >= 15 is 0 Å². The van der Waals surface area contributed by atoms with Crippen molar-refractivity contribution in [2.24, 2.45) is 0 Å². The number of piperazine rings is 1. The van der Waals surface area contributed by atoms with Crippen LogP contribution in [0.4, 0.5) is 5.69 Å². The summed E-state index contributed by atoms with van der Waals surface area (Å²) in [7, 11) is 2.10. The largest absolute Gasteiger partial charge is 0.395 e. The second-order valence-electron chi connectivity index (χ2n) is 5.55. The van der Waals surface area contributed by atoms with Crippen molar-refractivity contribution in [2.45, 2.75) is 32.9 Å². The molecule has 1 aromatic carbocycles. The molecule has 0 aliphatic carbocycles. The molecule has 2 unspecified atom stereocenters. The summed E-state index contributed by atoms with van der Waals surface area (Å²) < 4.78 is 0. The standard InChI is InChI=1S/C15H24N2O/c1-11-5-6-12(2)15(7-11)17-8-13(3)16(4)14(9-17)10-18/h5-7,13-14,18H,8-10H2,1-4H3. The summed E-state index contributed by atoms with van der Waals surface area (Å²) in [6.07, 6.45) is 0. The maximum absolute atomic E-state index is 9.50. The Kier molecular flexibility index (Phi) is 3.93. The van der Waals surface area contributed by atoms with Gasteiger partial charge in [0, 0.05) is 24.8 Å². The lowest BCUT2D eigenvalue weighted by atomic mass is 10.0. The fourth-order valence-corrected chi connectivity index (χ4v) is 2.71. The van der Waals surface area contributed by atoms with Crippen LogP contribution in [0.2, 0.25) is 0 Å². The first-order chi connectivity index (χ1) is 8.52. The molecule has 1 aliphatic rings. The number of aliphatic hydroxyl groups excluding tert-OH is 1. The van der Waals surface area contributed by atoms with Crippen molar-refractivity contribution in [2.75, 3.05) is 31.6 Å². The van der Waals surface area contributed by atoms with Crippen molar-refractivity contribution < 1.29 is 5.11 Å². The third kappa shape index (κ3) is 2.52. The SMILES string of the molecule is Cc1ccc(C)c(N2CC(C)N(C)C(CO)C2)c1. The Morgan fingerprint density at radius 3 is 2.67 bits per heavy atom. The zero-order valence-corrected chi connectivity index (χ0v) is 11.8. The first-order valence-corrected chi connectivity index (χ1v) is 6.68. The smallest absolute Gasteiger partial charge is 0.0604 e. The summed E-state index contributed by atoms with van der Waals surface area (Å²) in [5, 5.41) is 9.50. The molecule has 100 valence electrons. The van der Waals surface area contributed by atoms with Crippen LogP contribution in [-0.2, 0) is 0 Å². The molecule has 0 spiro atoms. The quantitative estimate of drug-likeness (QED) is 0.864. The Hall–Kier alpha value is -1.06. The molecule has 1 aromatic rings. The molecule has 1 aliphatic heterocycles. The summed E-state index contributed by atoms with van der Waals surface area (Å²) in [6.45, 7) is 8.67. The Morgan fingerprint density at radius 1 is 1.28 bits per heavy atom. The lowest BCUT2D eigenvalue weighted by molar-refractivity contribution is 0.0996. The zero-order chi connectivity index (χ0) is 13.3. The highest BCUT2D eigenvalue weighted by Gasteiger charge is 2.29. The van der Waals surface area contributed by atoms with E-state index in [-0.39, 0.29) is 12.6 Å². The summed E-state index contributed by atoms with van der Waals surface area (Å²) in [6, 6.07) is 7.29. The third-order valence-electron chi connectivity index (χ3n) is 4.10. The number of likely N-dealkylation sites (N-methyl/N-ethyl adjacent to an activating group) is 1. The van der Waals surface area contributed by atoms with Crippen molar-refractivity contribution in [3.8, 4) is 0 Å². The van der Waals surface area contributed by atoms with Gasteiger partial charge in [-0.3, -0.25) is 4.90 Å². The predicted octanol–water partition coefficient (Wildman–Crippen LogP) is 1.80. The molecule has 18 heavy (non-hydrogen) atoms. The first-order valence-electron chi connectivity index (χ1n) is 6.68. The van der Waals surface area contributed by atoms with E-state index in [1.54, 1.807) is 0 Å². The topological polar surface area (TPSA) is 26.7 Å². The van der Waals surface area contributed by atoms with Gasteiger partial charge in [-0.25, -0.2) is 0 Å². The van der Waals surface area contributed by atoms with E-state index < -0.39 is 0 Å². The van der Waals surface area contributed by atoms with Gasteiger partial charge in [0.1, 0.15) is 0 Å². The average molecular weight is 248 g/mol. The van der Waals surface area contributed by atoms with Crippen LogP contribution in [0.1, 0.15) is 18.1 Å². The molecule has 1 fully saturated rings. The molecule has 3 heteroatoms. The minimum atomic E-state index is 0.224. The minimum absolute atomic E-state index is 0.224. The number of anilines is 1. The molecule has 1 N–H and O–H groups in total. The normalized spacial score (nSPS) is 25.5. The molecule has 3 nitrogen and oxygen atoms in total. The fraction of sp³-hybridized carbons (Fsp3) is 0.600. The summed E-state index contributed by atoms with van der Waals surface area (Å²) in [5.41, 5.74) is 3.92. The van der Waals surface area contributed by atoms with E-state index in [4.69, 9.17) is 0 Å². The highest BCUT2D eigenvalue weighted by Crippen LogP contribution is 2.25. The predicted molar refractivity (Wildman–Crippen MR) is 76.2 cm³/mol. The Bertz CT molecular complexity index is 419. The van der Waals surface area contributed by atoms with Crippen LogP contribution >= 0.6 is 0 Å². The number of aliphatic hydroxyl groups is 1. The maximum atomic E-state index is 9.50. The Morgan fingerprint density at radius 2 is 2.00 bits per heavy atom. The maximum Gasteiger partial charge on any atom is 0.0604 e. The van der Waals surface area contributed by atoms with Crippen molar-refractivity contribution >= 4 is 5.69 Å². The van der Waals surface area contributed by atoms with Crippen LogP contribution in [0.3, 0.4) is 0 Å². The van der Waals surface area contributed by atoms with E-state index in [0.29, 0.717) is 6.04 Å². The number of nitrogens with zero attached hydrogens (tertiary/aromatic N) is 2. The van der Waals surface area contributed by atoms with Gasteiger partial charge in [0.2, 0.25) is 0 Å². The lowest BCUT2D eigenvalue weighted by Gasteiger charge is -2.44. The van der Waals surface area contributed by atoms with Gasteiger partial charge in [0.05, 0.1) is 12.6 Å². The second kappa shape index (κ2) is 5.29. The molecule has 0 bridgehead atoms. The van der Waals surface area contributed by atoms with E-state index in [1.165, 1.54) is 16.8 Å². The molecule has 0 saturated carbocycles. The summed E-state index contributed by atoms with van der Waals surface area (Å²) in [5.74, 6) is 0. The van der Waals surface area contributed by atoms with Gasteiger partial charge in [0.15, 0.2) is 0 Å². The van der Waals surface area contributed by atoms with E-state index in [2.05, 4.69) is 55.8 Å². The van der Waals surface area contributed by atoms with Crippen molar-refractivity contribution in [1.82, 2.24) is 4.90 Å². The highest BCUT2D eigenvalue weighted by atomic mass is 16.3. The van der Waals surface area contributed by atoms with Crippen molar-refractivity contribution in [3.05, 3.63) is 29.3 Å². The third-order valence-corrected chi connectivity index (χ3v) is 4.10. The van der Waals surface area contributed by atoms with Gasteiger partial charge >= 0.3 is 0 Å². The Balaban J connectivity index is 2.25. The van der Waals surface area contributed by atoms with Crippen LogP contribution in [0.15, 0.2) is 18.2 Å². The Labute approximate surface area is 110 Å². The van der Waals surface area contributed by atoms with Crippen LogP contribution in [0, 0.1) is 13.8 Å². The molecule has 0 radical (unpaired) electrons. The summed E-state index contributed by atoms with van der Waals surface area (Å²) >= 11 is 0. The first kappa shape index (κ1) is 13.4. The molecular weight excluding hydrogens is 224 g/mol. The molecule has 0 aromatic heterocycles. The molecule has 2 atom stereocenters. The second-order valence-corrected chi connectivity index (χ2v) is 5.55. The number of benzene rings is 1. The van der Waals surface area contributed by atoms with Gasteiger partial charge in [0.25, 0.3) is 0 Å². The van der Waals surface area contributed by atoms with E-state index in [1.807, 2.05) is 0 Å². The number of rotatable bonds is 2. The van der Waals surface area contributed by atoms with Gasteiger partial charge in [-0.1, -0.05) is 12.1 Å². The van der Waals surface area contributed by atoms with Gasteiger partial charge in [-0.15, -0.1) is 0 Å². The van der Waals surface area contributed by atoms with Gasteiger partial charge in [-0.2, -0.15) is 0 Å². The minimum Gasteiger partial charge on any atom is -0.395 e. The van der Waals surface area contributed by atoms with Crippen LogP contribution in [-0.4, -0.2) is 48.8 Å². The molecular formula is C15H24N2O. The van der Waals surface area contributed by atoms with Crippen molar-refractivity contribution in [3.63, 3.8) is 0 Å².